The molecule has 34 heavy (non-hydrogen) atoms. The van der Waals surface area contributed by atoms with Gasteiger partial charge in [-0.25, -0.2) is 0 Å². The van der Waals surface area contributed by atoms with E-state index in [0.29, 0.717) is 28.3 Å². The highest BCUT2D eigenvalue weighted by molar-refractivity contribution is 6.36. The molecule has 0 unspecified atom stereocenters. The molecule has 2 amide bonds. The number of imide groups is 1. The predicted octanol–water partition coefficient (Wildman–Crippen LogP) is 5.02. The molecule has 0 aliphatic carbocycles. The van der Waals surface area contributed by atoms with Crippen LogP contribution in [-0.4, -0.2) is 30.9 Å². The van der Waals surface area contributed by atoms with Crippen molar-refractivity contribution in [3.05, 3.63) is 94.2 Å². The zero-order valence-electron chi connectivity index (χ0n) is 20.1. The van der Waals surface area contributed by atoms with Gasteiger partial charge in [0.15, 0.2) is 0 Å². The fraction of sp³-hybridized carbons (Fsp3) is 0.214. The second-order valence-electron chi connectivity index (χ2n) is 8.46. The van der Waals surface area contributed by atoms with E-state index in [9.17, 15) is 9.59 Å². The Labute approximate surface area is 199 Å². The highest BCUT2D eigenvalue weighted by Gasteiger charge is 2.39. The molecule has 0 fully saturated rings. The van der Waals surface area contributed by atoms with E-state index < -0.39 is 0 Å². The van der Waals surface area contributed by atoms with Crippen molar-refractivity contribution in [2.24, 2.45) is 0 Å². The molecule has 0 radical (unpaired) electrons. The molecular formula is C28H28N2O4. The zero-order valence-corrected chi connectivity index (χ0v) is 20.1. The summed E-state index contributed by atoms with van der Waals surface area (Å²) in [7, 11) is 3.12. The van der Waals surface area contributed by atoms with E-state index >= 15 is 0 Å². The molecule has 6 nitrogen and oxygen atoms in total. The number of ether oxygens (including phenoxy) is 2. The highest BCUT2D eigenvalue weighted by Crippen LogP contribution is 2.34. The van der Waals surface area contributed by atoms with Gasteiger partial charge in [0, 0.05) is 23.9 Å². The summed E-state index contributed by atoms with van der Waals surface area (Å²) in [5.74, 6) is 0.443. The minimum Gasteiger partial charge on any atom is -0.497 e. The quantitative estimate of drug-likeness (QED) is 0.506. The molecule has 0 saturated heterocycles. The van der Waals surface area contributed by atoms with Crippen molar-refractivity contribution < 1.29 is 19.1 Å². The lowest BCUT2D eigenvalue weighted by Crippen LogP contribution is -2.32. The Morgan fingerprint density at radius 2 is 1.41 bits per heavy atom. The van der Waals surface area contributed by atoms with Crippen LogP contribution in [0.3, 0.4) is 0 Å². The lowest BCUT2D eigenvalue weighted by Gasteiger charge is -2.16. The monoisotopic (exact) mass is 456 g/mol. The van der Waals surface area contributed by atoms with Crippen LogP contribution in [0.15, 0.2) is 66.4 Å². The molecule has 0 aromatic heterocycles. The summed E-state index contributed by atoms with van der Waals surface area (Å²) >= 11 is 0. The van der Waals surface area contributed by atoms with Gasteiger partial charge in [-0.1, -0.05) is 48.0 Å². The molecule has 1 N–H and O–H groups in total. The van der Waals surface area contributed by atoms with Gasteiger partial charge in [-0.2, -0.15) is 0 Å². The molecule has 0 bridgehead atoms. The van der Waals surface area contributed by atoms with Crippen molar-refractivity contribution in [1.82, 2.24) is 4.90 Å². The normalized spacial score (nSPS) is 13.5. The number of hydrogen-bond donors (Lipinski definition) is 1. The molecule has 0 spiro atoms. The van der Waals surface area contributed by atoms with Crippen molar-refractivity contribution in [1.29, 1.82) is 0 Å². The van der Waals surface area contributed by atoms with Crippen LogP contribution in [0.25, 0.3) is 5.57 Å². The number of nitrogens with one attached hydrogen (secondary N) is 1. The van der Waals surface area contributed by atoms with E-state index in [0.717, 1.165) is 22.3 Å². The summed E-state index contributed by atoms with van der Waals surface area (Å²) in [4.78, 5) is 28.4. The Bertz CT molecular complexity index is 1270. The van der Waals surface area contributed by atoms with Crippen LogP contribution in [0.5, 0.6) is 11.5 Å². The minimum absolute atomic E-state index is 0.193. The number of rotatable bonds is 7. The Hall–Kier alpha value is -4.06. The summed E-state index contributed by atoms with van der Waals surface area (Å²) < 4.78 is 10.7. The van der Waals surface area contributed by atoms with Crippen LogP contribution in [-0.2, 0) is 16.1 Å². The Morgan fingerprint density at radius 3 is 2.00 bits per heavy atom. The van der Waals surface area contributed by atoms with Gasteiger partial charge < -0.3 is 14.8 Å². The summed E-state index contributed by atoms with van der Waals surface area (Å²) in [6.07, 6.45) is 0. The maximum absolute atomic E-state index is 13.6. The van der Waals surface area contributed by atoms with Gasteiger partial charge in [-0.15, -0.1) is 0 Å². The first-order chi connectivity index (χ1) is 16.3. The molecule has 174 valence electrons. The SMILES string of the molecule is COc1cc(NC2=C(c3ccc(C)c(C)c3)C(=O)N(Cc3ccc(C)cc3)C2=O)cc(OC)c1. The first-order valence-electron chi connectivity index (χ1n) is 11.0. The van der Waals surface area contributed by atoms with Gasteiger partial charge in [-0.05, 0) is 43.0 Å². The van der Waals surface area contributed by atoms with E-state index in [-0.39, 0.29) is 24.1 Å². The van der Waals surface area contributed by atoms with E-state index in [4.69, 9.17) is 9.47 Å². The Balaban J connectivity index is 1.78. The number of aryl methyl sites for hydroxylation is 3. The maximum Gasteiger partial charge on any atom is 0.278 e. The summed E-state index contributed by atoms with van der Waals surface area (Å²) in [6.45, 7) is 6.20. The number of anilines is 1. The summed E-state index contributed by atoms with van der Waals surface area (Å²) in [6, 6.07) is 18.9. The number of nitrogens with zero attached hydrogens (tertiary/aromatic N) is 1. The van der Waals surface area contributed by atoms with Crippen molar-refractivity contribution in [3.8, 4) is 11.5 Å². The molecule has 3 aromatic rings. The second-order valence-corrected chi connectivity index (χ2v) is 8.46. The van der Waals surface area contributed by atoms with Crippen molar-refractivity contribution in [2.45, 2.75) is 27.3 Å². The topological polar surface area (TPSA) is 67.9 Å². The third-order valence-corrected chi connectivity index (χ3v) is 6.05. The van der Waals surface area contributed by atoms with Gasteiger partial charge in [0.25, 0.3) is 11.8 Å². The minimum atomic E-state index is -0.374. The molecule has 1 aliphatic rings. The fourth-order valence-electron chi connectivity index (χ4n) is 3.90. The fourth-order valence-corrected chi connectivity index (χ4v) is 3.90. The van der Waals surface area contributed by atoms with Gasteiger partial charge in [-0.3, -0.25) is 14.5 Å². The number of benzene rings is 3. The molecule has 1 aliphatic heterocycles. The van der Waals surface area contributed by atoms with E-state index in [2.05, 4.69) is 5.32 Å². The van der Waals surface area contributed by atoms with Crippen LogP contribution in [0, 0.1) is 20.8 Å². The largest absolute Gasteiger partial charge is 0.497 e. The zero-order chi connectivity index (χ0) is 24.4. The molecule has 4 rings (SSSR count). The molecule has 6 heteroatoms. The number of methoxy groups -OCH3 is 2. The molecular weight excluding hydrogens is 428 g/mol. The number of amides is 2. The van der Waals surface area contributed by atoms with Gasteiger partial charge in [0.1, 0.15) is 17.2 Å². The van der Waals surface area contributed by atoms with E-state index in [1.54, 1.807) is 32.4 Å². The maximum atomic E-state index is 13.6. The molecule has 0 saturated carbocycles. The van der Waals surface area contributed by atoms with Crippen LogP contribution < -0.4 is 14.8 Å². The van der Waals surface area contributed by atoms with E-state index in [1.807, 2.05) is 63.2 Å². The number of hydrogen-bond acceptors (Lipinski definition) is 5. The van der Waals surface area contributed by atoms with Crippen LogP contribution in [0.4, 0.5) is 5.69 Å². The van der Waals surface area contributed by atoms with Crippen molar-refractivity contribution in [2.75, 3.05) is 19.5 Å². The average Bonchev–Trinajstić information content (AvgIpc) is 3.06. The summed E-state index contributed by atoms with van der Waals surface area (Å²) in [5.41, 5.74) is 6.03. The highest BCUT2D eigenvalue weighted by atomic mass is 16.5. The lowest BCUT2D eigenvalue weighted by atomic mass is 9.99. The van der Waals surface area contributed by atoms with Gasteiger partial charge in [0.2, 0.25) is 0 Å². The second kappa shape index (κ2) is 9.43. The number of carbonyl (C=O) groups is 2. The smallest absolute Gasteiger partial charge is 0.278 e. The Kier molecular flexibility index (Phi) is 6.41. The van der Waals surface area contributed by atoms with Crippen LogP contribution in [0.2, 0.25) is 0 Å². The first-order valence-corrected chi connectivity index (χ1v) is 11.0. The van der Waals surface area contributed by atoms with Crippen molar-refractivity contribution >= 4 is 23.1 Å². The number of carbonyl (C=O) groups excluding carboxylic acids is 2. The lowest BCUT2D eigenvalue weighted by molar-refractivity contribution is -0.137. The third kappa shape index (κ3) is 4.53. The molecule has 1 heterocycles. The Morgan fingerprint density at radius 1 is 0.765 bits per heavy atom. The van der Waals surface area contributed by atoms with Gasteiger partial charge >= 0.3 is 0 Å². The average molecular weight is 457 g/mol. The van der Waals surface area contributed by atoms with E-state index in [1.165, 1.54) is 4.90 Å². The van der Waals surface area contributed by atoms with Crippen LogP contribution in [0.1, 0.15) is 27.8 Å². The standard InChI is InChI=1S/C28H28N2O4/c1-17-6-9-20(10-7-17)16-30-27(31)25(21-11-8-18(2)19(3)12-21)26(28(30)32)29-22-13-23(33-4)15-24(14-22)34-5/h6-15,29H,16H2,1-5H3. The molecule has 0 atom stereocenters. The first kappa shape index (κ1) is 23.1. The molecule has 3 aromatic carbocycles. The third-order valence-electron chi connectivity index (χ3n) is 6.05. The van der Waals surface area contributed by atoms with Gasteiger partial charge in [0.05, 0.1) is 26.3 Å². The predicted molar refractivity (Wildman–Crippen MR) is 133 cm³/mol. The van der Waals surface area contributed by atoms with Crippen LogP contribution >= 0.6 is 0 Å². The van der Waals surface area contributed by atoms with Crippen molar-refractivity contribution in [3.63, 3.8) is 0 Å². The summed E-state index contributed by atoms with van der Waals surface area (Å²) in [5, 5.41) is 3.19.